The first-order chi connectivity index (χ1) is 8.18. The van der Waals surface area contributed by atoms with Crippen molar-refractivity contribution in [2.24, 2.45) is 0 Å². The number of aliphatic hydroxyl groups is 2. The predicted octanol–water partition coefficient (Wildman–Crippen LogP) is 0.508. The summed E-state index contributed by atoms with van der Waals surface area (Å²) in [4.78, 5) is 4.22. The van der Waals surface area contributed by atoms with E-state index in [2.05, 4.69) is 17.0 Å². The summed E-state index contributed by atoms with van der Waals surface area (Å²) in [5, 5.41) is 19.1. The first kappa shape index (κ1) is 12.4. The van der Waals surface area contributed by atoms with E-state index in [-0.39, 0.29) is 0 Å². The lowest BCUT2D eigenvalue weighted by molar-refractivity contribution is -0.0772. The molecule has 2 atom stereocenters. The molecule has 1 fully saturated rings. The summed E-state index contributed by atoms with van der Waals surface area (Å²) in [5.74, 6) is 0. The quantitative estimate of drug-likeness (QED) is 0.802. The van der Waals surface area contributed by atoms with E-state index in [0.717, 1.165) is 26.2 Å². The Balaban J connectivity index is 1.90. The van der Waals surface area contributed by atoms with Crippen LogP contribution in [-0.4, -0.2) is 53.6 Å². The Bertz CT molecular complexity index is 335. The summed E-state index contributed by atoms with van der Waals surface area (Å²) in [6.07, 6.45) is -1.44. The van der Waals surface area contributed by atoms with Crippen LogP contribution in [0.3, 0.4) is 0 Å². The summed E-state index contributed by atoms with van der Waals surface area (Å²) >= 11 is 0. The molecule has 17 heavy (non-hydrogen) atoms. The smallest absolute Gasteiger partial charge is 0.133 e. The summed E-state index contributed by atoms with van der Waals surface area (Å²) in [7, 11) is 0. The van der Waals surface area contributed by atoms with E-state index < -0.39 is 12.3 Å². The zero-order valence-corrected chi connectivity index (χ0v) is 10.2. The number of nitrogens with zero attached hydrogens (tertiary/aromatic N) is 2. The minimum Gasteiger partial charge on any atom is -0.389 e. The van der Waals surface area contributed by atoms with Gasteiger partial charge in [0.05, 0.1) is 6.10 Å². The van der Waals surface area contributed by atoms with Crippen LogP contribution in [0.5, 0.6) is 0 Å². The highest BCUT2D eigenvalue weighted by molar-refractivity contribution is 5.46. The van der Waals surface area contributed by atoms with Crippen molar-refractivity contribution < 1.29 is 10.2 Å². The van der Waals surface area contributed by atoms with Crippen LogP contribution in [0.4, 0.5) is 5.69 Å². The van der Waals surface area contributed by atoms with Gasteiger partial charge in [0.2, 0.25) is 0 Å². The minimum absolute atomic E-state index is 0.696. The topological polar surface area (TPSA) is 46.9 Å². The SMILES string of the molecule is C[C@H](O)C(O)N1CCN(c2ccccc2)CC1. The molecule has 1 aliphatic heterocycles. The van der Waals surface area contributed by atoms with E-state index in [1.54, 1.807) is 6.92 Å². The van der Waals surface area contributed by atoms with Crippen LogP contribution in [0.2, 0.25) is 0 Å². The van der Waals surface area contributed by atoms with Gasteiger partial charge in [0.25, 0.3) is 0 Å². The molecular weight excluding hydrogens is 216 g/mol. The molecule has 0 radical (unpaired) electrons. The Morgan fingerprint density at radius 1 is 1.00 bits per heavy atom. The second-order valence-electron chi connectivity index (χ2n) is 4.51. The van der Waals surface area contributed by atoms with Crippen molar-refractivity contribution in [3.63, 3.8) is 0 Å². The Morgan fingerprint density at radius 2 is 1.59 bits per heavy atom. The zero-order chi connectivity index (χ0) is 12.3. The van der Waals surface area contributed by atoms with Gasteiger partial charge in [0.1, 0.15) is 6.23 Å². The van der Waals surface area contributed by atoms with Crippen molar-refractivity contribution in [2.45, 2.75) is 19.3 Å². The molecule has 0 saturated carbocycles. The first-order valence-corrected chi connectivity index (χ1v) is 6.08. The van der Waals surface area contributed by atoms with E-state index in [1.807, 2.05) is 23.1 Å². The van der Waals surface area contributed by atoms with E-state index in [1.165, 1.54) is 5.69 Å². The molecule has 2 rings (SSSR count). The maximum atomic E-state index is 9.77. The van der Waals surface area contributed by atoms with E-state index in [4.69, 9.17) is 0 Å². The number of aliphatic hydroxyl groups excluding tert-OH is 2. The fourth-order valence-corrected chi connectivity index (χ4v) is 2.19. The standard InChI is InChI=1S/C13H20N2O2/c1-11(16)13(17)15-9-7-14(8-10-15)12-5-3-2-4-6-12/h2-6,11,13,16-17H,7-10H2,1H3/t11-,13?/m0/s1. The highest BCUT2D eigenvalue weighted by atomic mass is 16.3. The molecule has 0 spiro atoms. The Morgan fingerprint density at radius 3 is 2.12 bits per heavy atom. The van der Waals surface area contributed by atoms with Crippen molar-refractivity contribution in [3.05, 3.63) is 30.3 Å². The predicted molar refractivity (Wildman–Crippen MR) is 67.9 cm³/mol. The molecule has 1 aromatic carbocycles. The molecule has 1 saturated heterocycles. The van der Waals surface area contributed by atoms with Crippen molar-refractivity contribution in [3.8, 4) is 0 Å². The van der Waals surface area contributed by atoms with Gasteiger partial charge in [-0.25, -0.2) is 0 Å². The van der Waals surface area contributed by atoms with Crippen molar-refractivity contribution >= 4 is 5.69 Å². The van der Waals surface area contributed by atoms with Crippen LogP contribution in [0.1, 0.15) is 6.92 Å². The van der Waals surface area contributed by atoms with Crippen LogP contribution in [0, 0.1) is 0 Å². The normalized spacial score (nSPS) is 21.2. The van der Waals surface area contributed by atoms with Gasteiger partial charge >= 0.3 is 0 Å². The number of benzene rings is 1. The average molecular weight is 236 g/mol. The molecule has 4 nitrogen and oxygen atoms in total. The second kappa shape index (κ2) is 5.49. The van der Waals surface area contributed by atoms with Crippen LogP contribution in [-0.2, 0) is 0 Å². The maximum absolute atomic E-state index is 9.77. The highest BCUT2D eigenvalue weighted by Gasteiger charge is 2.24. The molecular formula is C13H20N2O2. The van der Waals surface area contributed by atoms with Gasteiger partial charge in [-0.15, -0.1) is 0 Å². The van der Waals surface area contributed by atoms with Crippen LogP contribution >= 0.6 is 0 Å². The molecule has 94 valence electrons. The summed E-state index contributed by atoms with van der Waals surface area (Å²) in [6, 6.07) is 10.3. The lowest BCUT2D eigenvalue weighted by Gasteiger charge is -2.39. The Hall–Kier alpha value is -1.10. The van der Waals surface area contributed by atoms with Gasteiger partial charge in [-0.1, -0.05) is 18.2 Å². The molecule has 4 heteroatoms. The van der Waals surface area contributed by atoms with Crippen molar-refractivity contribution in [2.75, 3.05) is 31.1 Å². The maximum Gasteiger partial charge on any atom is 0.133 e. The zero-order valence-electron chi connectivity index (χ0n) is 10.2. The molecule has 0 aliphatic carbocycles. The first-order valence-electron chi connectivity index (χ1n) is 6.08. The molecule has 1 aliphatic rings. The van der Waals surface area contributed by atoms with Gasteiger partial charge < -0.3 is 15.1 Å². The Labute approximate surface area is 102 Å². The van der Waals surface area contributed by atoms with Crippen LogP contribution < -0.4 is 4.90 Å². The van der Waals surface area contributed by atoms with Gasteiger partial charge in [0.15, 0.2) is 0 Å². The number of anilines is 1. The van der Waals surface area contributed by atoms with E-state index >= 15 is 0 Å². The molecule has 1 aromatic rings. The third kappa shape index (κ3) is 2.97. The number of hydrogen-bond donors (Lipinski definition) is 2. The third-order valence-corrected chi connectivity index (χ3v) is 3.24. The monoisotopic (exact) mass is 236 g/mol. The van der Waals surface area contributed by atoms with Crippen molar-refractivity contribution in [1.29, 1.82) is 0 Å². The van der Waals surface area contributed by atoms with Crippen molar-refractivity contribution in [1.82, 2.24) is 4.90 Å². The highest BCUT2D eigenvalue weighted by Crippen LogP contribution is 2.16. The number of para-hydroxylation sites is 1. The lowest BCUT2D eigenvalue weighted by atomic mass is 10.2. The minimum atomic E-state index is -0.743. The average Bonchev–Trinajstić information content (AvgIpc) is 2.39. The Kier molecular flexibility index (Phi) is 3.99. The van der Waals surface area contributed by atoms with Gasteiger partial charge in [0, 0.05) is 31.9 Å². The summed E-state index contributed by atoms with van der Waals surface area (Å²) in [6.45, 7) is 4.94. The molecule has 1 heterocycles. The number of piperazine rings is 1. The fourth-order valence-electron chi connectivity index (χ4n) is 2.19. The van der Waals surface area contributed by atoms with E-state index in [9.17, 15) is 10.2 Å². The summed E-state index contributed by atoms with van der Waals surface area (Å²) in [5.41, 5.74) is 1.22. The third-order valence-electron chi connectivity index (χ3n) is 3.24. The lowest BCUT2D eigenvalue weighted by Crippen LogP contribution is -2.53. The number of hydrogen-bond acceptors (Lipinski definition) is 4. The molecule has 0 amide bonds. The second-order valence-corrected chi connectivity index (χ2v) is 4.51. The van der Waals surface area contributed by atoms with Crippen LogP contribution in [0.25, 0.3) is 0 Å². The van der Waals surface area contributed by atoms with Gasteiger partial charge in [-0.3, -0.25) is 4.90 Å². The molecule has 0 aromatic heterocycles. The fraction of sp³-hybridized carbons (Fsp3) is 0.538. The largest absolute Gasteiger partial charge is 0.389 e. The molecule has 1 unspecified atom stereocenters. The number of rotatable bonds is 3. The van der Waals surface area contributed by atoms with E-state index in [0.29, 0.717) is 0 Å². The van der Waals surface area contributed by atoms with Crippen LogP contribution in [0.15, 0.2) is 30.3 Å². The molecule has 2 N–H and O–H groups in total. The van der Waals surface area contributed by atoms with Gasteiger partial charge in [-0.05, 0) is 19.1 Å². The van der Waals surface area contributed by atoms with Gasteiger partial charge in [-0.2, -0.15) is 0 Å². The molecule has 0 bridgehead atoms. The summed E-state index contributed by atoms with van der Waals surface area (Å²) < 4.78 is 0.